The van der Waals surface area contributed by atoms with E-state index < -0.39 is 0 Å². The van der Waals surface area contributed by atoms with Crippen LogP contribution in [0.15, 0.2) is 78.9 Å². The van der Waals surface area contributed by atoms with Crippen LogP contribution < -0.4 is 10.2 Å². The molecule has 0 atom stereocenters. The highest BCUT2D eigenvalue weighted by molar-refractivity contribution is 5.78. The second-order valence-corrected chi connectivity index (χ2v) is 8.30. The summed E-state index contributed by atoms with van der Waals surface area (Å²) in [4.78, 5) is 17.1. The minimum Gasteiger partial charge on any atom is -0.369 e. The van der Waals surface area contributed by atoms with Gasteiger partial charge in [0.05, 0.1) is 6.42 Å². The van der Waals surface area contributed by atoms with Gasteiger partial charge in [-0.1, -0.05) is 66.7 Å². The number of amides is 1. The van der Waals surface area contributed by atoms with Crippen molar-refractivity contribution in [2.45, 2.75) is 12.8 Å². The number of nitrogens with one attached hydrogen (secondary N) is 1. The van der Waals surface area contributed by atoms with Crippen molar-refractivity contribution >= 4 is 11.6 Å². The van der Waals surface area contributed by atoms with E-state index in [2.05, 4.69) is 70.7 Å². The van der Waals surface area contributed by atoms with Gasteiger partial charge in [0.15, 0.2) is 0 Å². The fourth-order valence-electron chi connectivity index (χ4n) is 3.98. The summed E-state index contributed by atoms with van der Waals surface area (Å²) in [5.74, 6) is 0.0708. The number of benzene rings is 3. The lowest BCUT2D eigenvalue weighted by Crippen LogP contribution is -2.44. The number of hydrogen-bond acceptors (Lipinski definition) is 3. The van der Waals surface area contributed by atoms with E-state index in [-0.39, 0.29) is 5.91 Å². The van der Waals surface area contributed by atoms with Crippen molar-refractivity contribution in [3.8, 4) is 11.1 Å². The first-order valence-electron chi connectivity index (χ1n) is 11.1. The van der Waals surface area contributed by atoms with Crippen LogP contribution in [0.3, 0.4) is 0 Å². The summed E-state index contributed by atoms with van der Waals surface area (Å²) >= 11 is 0. The molecule has 4 nitrogen and oxygen atoms in total. The van der Waals surface area contributed by atoms with Gasteiger partial charge in [0.1, 0.15) is 0 Å². The number of likely N-dealkylation sites (N-methyl/N-ethyl adjacent to an activating group) is 1. The van der Waals surface area contributed by atoms with Crippen molar-refractivity contribution < 1.29 is 4.79 Å². The number of carbonyl (C=O) groups is 1. The third-order valence-corrected chi connectivity index (χ3v) is 5.97. The van der Waals surface area contributed by atoms with E-state index >= 15 is 0 Å². The molecule has 4 heteroatoms. The molecule has 1 N–H and O–H groups in total. The van der Waals surface area contributed by atoms with E-state index in [4.69, 9.17) is 0 Å². The highest BCUT2D eigenvalue weighted by Gasteiger charge is 2.14. The second kappa shape index (κ2) is 10.3. The number of rotatable bonds is 7. The summed E-state index contributed by atoms with van der Waals surface area (Å²) in [6.07, 6.45) is 1.26. The summed E-state index contributed by atoms with van der Waals surface area (Å²) in [5.41, 5.74) is 5.95. The minimum absolute atomic E-state index is 0.0708. The van der Waals surface area contributed by atoms with Crippen molar-refractivity contribution in [2.24, 2.45) is 0 Å². The molecule has 1 heterocycles. The van der Waals surface area contributed by atoms with Crippen LogP contribution in [-0.2, 0) is 17.6 Å². The zero-order chi connectivity index (χ0) is 21.5. The maximum Gasteiger partial charge on any atom is 0.224 e. The van der Waals surface area contributed by atoms with Gasteiger partial charge in [-0.15, -0.1) is 0 Å². The molecule has 3 aromatic carbocycles. The number of hydrogen-bond donors (Lipinski definition) is 1. The quantitative estimate of drug-likeness (QED) is 0.636. The Balaban J connectivity index is 1.21. The smallest absolute Gasteiger partial charge is 0.224 e. The van der Waals surface area contributed by atoms with Crippen molar-refractivity contribution in [3.63, 3.8) is 0 Å². The standard InChI is InChI=1S/C27H31N3O/c1-29-17-19-30(20-18-29)26-13-9-22(10-14-26)15-16-28-27(31)21-23-7-11-25(12-8-23)24-5-3-2-4-6-24/h2-14H,15-21H2,1H3,(H,28,31). The summed E-state index contributed by atoms with van der Waals surface area (Å²) in [7, 11) is 2.18. The van der Waals surface area contributed by atoms with Crippen LogP contribution in [0.5, 0.6) is 0 Å². The molecule has 1 aliphatic heterocycles. The van der Waals surface area contributed by atoms with Gasteiger partial charge in [0.25, 0.3) is 0 Å². The average Bonchev–Trinajstić information content (AvgIpc) is 2.81. The van der Waals surface area contributed by atoms with Crippen molar-refractivity contribution in [1.29, 1.82) is 0 Å². The van der Waals surface area contributed by atoms with Crippen LogP contribution in [0.1, 0.15) is 11.1 Å². The first kappa shape index (κ1) is 21.1. The molecular formula is C27H31N3O. The summed E-state index contributed by atoms with van der Waals surface area (Å²) < 4.78 is 0. The molecule has 1 amide bonds. The van der Waals surface area contributed by atoms with E-state index in [1.54, 1.807) is 0 Å². The number of nitrogens with zero attached hydrogens (tertiary/aromatic N) is 2. The predicted octanol–water partition coefficient (Wildman–Crippen LogP) is 4.01. The van der Waals surface area contributed by atoms with Gasteiger partial charge in [0.2, 0.25) is 5.91 Å². The molecule has 160 valence electrons. The molecule has 0 spiro atoms. The second-order valence-electron chi connectivity index (χ2n) is 8.30. The zero-order valence-electron chi connectivity index (χ0n) is 18.3. The summed E-state index contributed by atoms with van der Waals surface area (Å²) in [6.45, 7) is 5.05. The van der Waals surface area contributed by atoms with Crippen LogP contribution in [-0.4, -0.2) is 50.6 Å². The number of piperazine rings is 1. The molecule has 3 aromatic rings. The Kier molecular flexibility index (Phi) is 7.00. The molecule has 0 saturated carbocycles. The molecule has 1 aliphatic rings. The van der Waals surface area contributed by atoms with Crippen molar-refractivity contribution in [1.82, 2.24) is 10.2 Å². The van der Waals surface area contributed by atoms with E-state index in [0.717, 1.165) is 38.2 Å². The Bertz CT molecular complexity index is 960. The monoisotopic (exact) mass is 413 g/mol. The largest absolute Gasteiger partial charge is 0.369 e. The normalized spacial score (nSPS) is 14.4. The van der Waals surface area contributed by atoms with E-state index in [1.165, 1.54) is 22.4 Å². The van der Waals surface area contributed by atoms with Crippen molar-refractivity contribution in [3.05, 3.63) is 90.0 Å². The Labute approximate surface area is 185 Å². The lowest BCUT2D eigenvalue weighted by Gasteiger charge is -2.34. The molecule has 0 unspecified atom stereocenters. The molecule has 0 bridgehead atoms. The topological polar surface area (TPSA) is 35.6 Å². The molecule has 1 saturated heterocycles. The van der Waals surface area contributed by atoms with Crippen LogP contribution in [0.4, 0.5) is 5.69 Å². The van der Waals surface area contributed by atoms with Crippen LogP contribution in [0.2, 0.25) is 0 Å². The molecule has 0 radical (unpaired) electrons. The zero-order valence-corrected chi connectivity index (χ0v) is 18.3. The lowest BCUT2D eigenvalue weighted by atomic mass is 10.0. The Morgan fingerprint density at radius 3 is 2.06 bits per heavy atom. The van der Waals surface area contributed by atoms with Crippen LogP contribution in [0.25, 0.3) is 11.1 Å². The molecule has 4 rings (SSSR count). The van der Waals surface area contributed by atoms with Crippen LogP contribution in [0, 0.1) is 0 Å². The average molecular weight is 414 g/mol. The van der Waals surface area contributed by atoms with Gasteiger partial charge < -0.3 is 15.1 Å². The Hall–Kier alpha value is -3.11. The first-order valence-corrected chi connectivity index (χ1v) is 11.1. The van der Waals surface area contributed by atoms with E-state index in [9.17, 15) is 4.79 Å². The van der Waals surface area contributed by atoms with Crippen LogP contribution >= 0.6 is 0 Å². The molecule has 1 fully saturated rings. The van der Waals surface area contributed by atoms with Gasteiger partial charge in [-0.3, -0.25) is 4.79 Å². The summed E-state index contributed by atoms with van der Waals surface area (Å²) in [5, 5.41) is 3.05. The van der Waals surface area contributed by atoms with E-state index in [1.807, 2.05) is 30.3 Å². The molecule has 0 aromatic heterocycles. The molecular weight excluding hydrogens is 382 g/mol. The predicted molar refractivity (Wildman–Crippen MR) is 128 cm³/mol. The highest BCUT2D eigenvalue weighted by Crippen LogP contribution is 2.19. The number of anilines is 1. The maximum absolute atomic E-state index is 12.3. The van der Waals surface area contributed by atoms with Crippen molar-refractivity contribution in [2.75, 3.05) is 44.7 Å². The third-order valence-electron chi connectivity index (χ3n) is 5.97. The minimum atomic E-state index is 0.0708. The van der Waals surface area contributed by atoms with Gasteiger partial charge in [-0.05, 0) is 47.9 Å². The summed E-state index contributed by atoms with van der Waals surface area (Å²) in [6, 6.07) is 27.3. The molecule has 31 heavy (non-hydrogen) atoms. The highest BCUT2D eigenvalue weighted by atomic mass is 16.1. The lowest BCUT2D eigenvalue weighted by molar-refractivity contribution is -0.120. The SMILES string of the molecule is CN1CCN(c2ccc(CCNC(=O)Cc3ccc(-c4ccccc4)cc3)cc2)CC1. The Morgan fingerprint density at radius 2 is 1.39 bits per heavy atom. The van der Waals surface area contributed by atoms with Gasteiger partial charge in [0, 0.05) is 38.4 Å². The molecule has 0 aliphatic carbocycles. The fraction of sp³-hybridized carbons (Fsp3) is 0.296. The Morgan fingerprint density at radius 1 is 0.774 bits per heavy atom. The number of carbonyl (C=O) groups excluding carboxylic acids is 1. The van der Waals surface area contributed by atoms with Gasteiger partial charge in [-0.2, -0.15) is 0 Å². The third kappa shape index (κ3) is 5.96. The maximum atomic E-state index is 12.3. The van der Waals surface area contributed by atoms with E-state index in [0.29, 0.717) is 13.0 Å². The van der Waals surface area contributed by atoms with Gasteiger partial charge >= 0.3 is 0 Å². The van der Waals surface area contributed by atoms with Gasteiger partial charge in [-0.25, -0.2) is 0 Å². The fourth-order valence-corrected chi connectivity index (χ4v) is 3.98. The first-order chi connectivity index (χ1) is 15.2.